The Morgan fingerprint density at radius 3 is 2.27 bits per heavy atom. The van der Waals surface area contributed by atoms with Crippen LogP contribution in [0.1, 0.15) is 62.4 Å². The standard InChI is InChI=1S/C25H29F3N2O6S/c1-14(2)30(23(31)16-7-5-15(3)6-8-16)21-10-9-17(11-19(21)24(32)33)36-22-20(25(26,27)28)12-18(13-29-22)37(4,34)35/h9-16H,5-8H2,1-4H3,(H,32,33). The van der Waals surface area contributed by atoms with Crippen LogP contribution in [0.25, 0.3) is 0 Å². The molecule has 8 nitrogen and oxygen atoms in total. The summed E-state index contributed by atoms with van der Waals surface area (Å²) in [6.07, 6.45) is -0.322. The second-order valence-electron chi connectivity index (χ2n) is 9.64. The summed E-state index contributed by atoms with van der Waals surface area (Å²) in [4.78, 5) is 29.8. The maximum atomic E-state index is 13.6. The Kier molecular flexibility index (Phi) is 8.21. The second kappa shape index (κ2) is 10.7. The molecule has 1 N–H and O–H groups in total. The summed E-state index contributed by atoms with van der Waals surface area (Å²) in [7, 11) is -3.97. The number of carbonyl (C=O) groups is 2. The molecule has 1 heterocycles. The van der Waals surface area contributed by atoms with Gasteiger partial charge in [-0.2, -0.15) is 13.2 Å². The summed E-state index contributed by atoms with van der Waals surface area (Å²) in [5, 5.41) is 9.87. The molecule has 37 heavy (non-hydrogen) atoms. The number of anilines is 1. The molecule has 1 fully saturated rings. The number of nitrogens with zero attached hydrogens (tertiary/aromatic N) is 2. The molecule has 1 aliphatic carbocycles. The quantitative estimate of drug-likeness (QED) is 0.487. The van der Waals surface area contributed by atoms with Crippen LogP contribution in [-0.4, -0.2) is 42.7 Å². The molecule has 12 heteroatoms. The fourth-order valence-electron chi connectivity index (χ4n) is 4.35. The average molecular weight is 543 g/mol. The highest BCUT2D eigenvalue weighted by molar-refractivity contribution is 7.90. The van der Waals surface area contributed by atoms with E-state index in [9.17, 15) is 36.3 Å². The summed E-state index contributed by atoms with van der Waals surface area (Å²) in [5.74, 6) is -2.53. The maximum absolute atomic E-state index is 13.6. The Morgan fingerprint density at radius 1 is 1.14 bits per heavy atom. The van der Waals surface area contributed by atoms with Crippen molar-refractivity contribution in [2.45, 2.75) is 63.6 Å². The molecule has 0 unspecified atom stereocenters. The zero-order valence-electron chi connectivity index (χ0n) is 20.9. The third kappa shape index (κ3) is 6.60. The molecule has 1 aromatic heterocycles. The van der Waals surface area contributed by atoms with E-state index in [4.69, 9.17) is 4.74 Å². The highest BCUT2D eigenvalue weighted by atomic mass is 32.2. The van der Waals surface area contributed by atoms with Crippen LogP contribution in [0.5, 0.6) is 11.6 Å². The number of sulfone groups is 1. The van der Waals surface area contributed by atoms with E-state index in [1.54, 1.807) is 13.8 Å². The van der Waals surface area contributed by atoms with E-state index >= 15 is 0 Å². The van der Waals surface area contributed by atoms with Crippen molar-refractivity contribution >= 4 is 27.4 Å². The summed E-state index contributed by atoms with van der Waals surface area (Å²) < 4.78 is 69.5. The third-order valence-electron chi connectivity index (χ3n) is 6.35. The third-order valence-corrected chi connectivity index (χ3v) is 7.43. The zero-order valence-corrected chi connectivity index (χ0v) is 21.7. The Hall–Kier alpha value is -3.15. The number of benzene rings is 1. The van der Waals surface area contributed by atoms with E-state index in [0.717, 1.165) is 31.4 Å². The van der Waals surface area contributed by atoms with Crippen LogP contribution < -0.4 is 9.64 Å². The normalized spacial score (nSPS) is 18.5. The van der Waals surface area contributed by atoms with Crippen molar-refractivity contribution in [3.8, 4) is 11.6 Å². The van der Waals surface area contributed by atoms with E-state index in [1.807, 2.05) is 0 Å². The van der Waals surface area contributed by atoms with Crippen molar-refractivity contribution in [3.63, 3.8) is 0 Å². The van der Waals surface area contributed by atoms with Crippen molar-refractivity contribution in [1.82, 2.24) is 4.98 Å². The maximum Gasteiger partial charge on any atom is 0.421 e. The molecule has 1 amide bonds. The summed E-state index contributed by atoms with van der Waals surface area (Å²) in [6.45, 7) is 5.63. The Morgan fingerprint density at radius 2 is 1.76 bits per heavy atom. The molecule has 0 radical (unpaired) electrons. The Bertz CT molecular complexity index is 1290. The number of carboxylic acid groups (broad SMARTS) is 1. The van der Waals surface area contributed by atoms with Crippen LogP contribution in [-0.2, 0) is 20.8 Å². The van der Waals surface area contributed by atoms with E-state index in [0.29, 0.717) is 24.8 Å². The first kappa shape index (κ1) is 28.4. The van der Waals surface area contributed by atoms with Crippen molar-refractivity contribution < 1.29 is 41.0 Å². The van der Waals surface area contributed by atoms with Gasteiger partial charge >= 0.3 is 12.1 Å². The van der Waals surface area contributed by atoms with Gasteiger partial charge in [0, 0.05) is 24.4 Å². The smallest absolute Gasteiger partial charge is 0.421 e. The minimum atomic E-state index is -4.99. The van der Waals surface area contributed by atoms with Crippen LogP contribution in [0, 0.1) is 11.8 Å². The topological polar surface area (TPSA) is 114 Å². The minimum Gasteiger partial charge on any atom is -0.478 e. The number of carboxylic acids is 1. The number of alkyl halides is 3. The predicted octanol–water partition coefficient (Wildman–Crippen LogP) is 5.56. The number of aromatic carboxylic acids is 1. The van der Waals surface area contributed by atoms with E-state index in [2.05, 4.69) is 11.9 Å². The Balaban J connectivity index is 2.01. The average Bonchev–Trinajstić information content (AvgIpc) is 2.79. The first-order chi connectivity index (χ1) is 17.1. The zero-order chi connectivity index (χ0) is 27.7. The first-order valence-corrected chi connectivity index (χ1v) is 13.6. The fraction of sp³-hybridized carbons (Fsp3) is 0.480. The highest BCUT2D eigenvalue weighted by Crippen LogP contribution is 2.39. The lowest BCUT2D eigenvalue weighted by Gasteiger charge is -2.34. The lowest BCUT2D eigenvalue weighted by Crippen LogP contribution is -2.42. The number of hydrogen-bond donors (Lipinski definition) is 1. The van der Waals surface area contributed by atoms with Crippen LogP contribution in [0.4, 0.5) is 18.9 Å². The summed E-state index contributed by atoms with van der Waals surface area (Å²) in [5.41, 5.74) is -1.65. The molecule has 0 bridgehead atoms. The van der Waals surface area contributed by atoms with E-state index in [1.165, 1.54) is 17.0 Å². The highest BCUT2D eigenvalue weighted by Gasteiger charge is 2.37. The van der Waals surface area contributed by atoms with Crippen molar-refractivity contribution in [3.05, 3.63) is 41.6 Å². The fourth-order valence-corrected chi connectivity index (χ4v) is 4.92. The van der Waals surface area contributed by atoms with Gasteiger partial charge in [0.2, 0.25) is 11.8 Å². The van der Waals surface area contributed by atoms with Gasteiger partial charge in [-0.05, 0) is 69.7 Å². The second-order valence-corrected chi connectivity index (χ2v) is 11.7. The van der Waals surface area contributed by atoms with Gasteiger partial charge in [-0.15, -0.1) is 0 Å². The Labute approximate surface area is 213 Å². The van der Waals surface area contributed by atoms with Gasteiger partial charge in [-0.25, -0.2) is 18.2 Å². The summed E-state index contributed by atoms with van der Waals surface area (Å²) in [6, 6.07) is 3.63. The van der Waals surface area contributed by atoms with Crippen molar-refractivity contribution in [2.24, 2.45) is 11.8 Å². The first-order valence-electron chi connectivity index (χ1n) is 11.7. The number of halogens is 3. The number of carbonyl (C=O) groups excluding carboxylic acids is 1. The molecule has 202 valence electrons. The lowest BCUT2D eigenvalue weighted by atomic mass is 9.82. The monoisotopic (exact) mass is 542 g/mol. The number of rotatable bonds is 7. The molecule has 0 atom stereocenters. The molecular weight excluding hydrogens is 513 g/mol. The van der Waals surface area contributed by atoms with Gasteiger partial charge in [0.25, 0.3) is 0 Å². The van der Waals surface area contributed by atoms with Gasteiger partial charge in [0.1, 0.15) is 11.3 Å². The summed E-state index contributed by atoms with van der Waals surface area (Å²) >= 11 is 0. The number of hydrogen-bond acceptors (Lipinski definition) is 6. The van der Waals surface area contributed by atoms with Gasteiger partial charge in [-0.3, -0.25) is 4.79 Å². The predicted molar refractivity (Wildman–Crippen MR) is 130 cm³/mol. The van der Waals surface area contributed by atoms with E-state index in [-0.39, 0.29) is 34.9 Å². The minimum absolute atomic E-state index is 0.106. The SMILES string of the molecule is CC1CCC(C(=O)N(c2ccc(Oc3ncc(S(C)(=O)=O)cc3C(F)(F)F)cc2C(=O)O)C(C)C)CC1. The molecular formula is C25H29F3N2O6S. The van der Waals surface area contributed by atoms with Gasteiger partial charge in [-0.1, -0.05) is 6.92 Å². The van der Waals surface area contributed by atoms with Crippen LogP contribution in [0.15, 0.2) is 35.4 Å². The van der Waals surface area contributed by atoms with Crippen LogP contribution in [0.2, 0.25) is 0 Å². The molecule has 1 aromatic carbocycles. The van der Waals surface area contributed by atoms with E-state index < -0.39 is 38.3 Å². The molecule has 2 aromatic rings. The van der Waals surface area contributed by atoms with Crippen LogP contribution >= 0.6 is 0 Å². The number of ether oxygens (including phenoxy) is 1. The number of aromatic nitrogens is 1. The van der Waals surface area contributed by atoms with Crippen LogP contribution in [0.3, 0.4) is 0 Å². The molecule has 3 rings (SSSR count). The molecule has 1 saturated carbocycles. The largest absolute Gasteiger partial charge is 0.478 e. The van der Waals surface area contributed by atoms with Crippen molar-refractivity contribution in [2.75, 3.05) is 11.2 Å². The number of amides is 1. The number of pyridine rings is 1. The molecule has 0 saturated heterocycles. The van der Waals surface area contributed by atoms with Crippen molar-refractivity contribution in [1.29, 1.82) is 0 Å². The lowest BCUT2D eigenvalue weighted by molar-refractivity contribution is -0.139. The molecule has 0 spiro atoms. The molecule has 1 aliphatic rings. The van der Waals surface area contributed by atoms with Gasteiger partial charge in [0.15, 0.2) is 9.84 Å². The van der Waals surface area contributed by atoms with Gasteiger partial charge < -0.3 is 14.7 Å². The van der Waals surface area contributed by atoms with Gasteiger partial charge in [0.05, 0.1) is 16.1 Å². The molecule has 0 aliphatic heterocycles.